The van der Waals surface area contributed by atoms with Crippen molar-refractivity contribution in [2.75, 3.05) is 7.05 Å². The Labute approximate surface area is 175 Å². The molecule has 0 amide bonds. The third-order valence-corrected chi connectivity index (χ3v) is 4.69. The summed E-state index contributed by atoms with van der Waals surface area (Å²) in [6.07, 6.45) is 2.39. The molecule has 1 aromatic carbocycles. The topological polar surface area (TPSA) is 71.5 Å². The molecule has 0 saturated heterocycles. The fourth-order valence-electron chi connectivity index (χ4n) is 2.84. The van der Waals surface area contributed by atoms with Crippen molar-refractivity contribution in [2.24, 2.45) is 12.0 Å². The first-order chi connectivity index (χ1) is 12.6. The molecule has 1 N–H and O–H groups in total. The summed E-state index contributed by atoms with van der Waals surface area (Å²) in [4.78, 5) is 6.86. The summed E-state index contributed by atoms with van der Waals surface area (Å²) < 4.78 is 7.91. The number of guanidine groups is 1. The molecule has 3 aromatic rings. The number of aromatic nitrogens is 3. The van der Waals surface area contributed by atoms with Gasteiger partial charge in [-0.15, -0.1) is 34.2 Å². The molecule has 0 spiro atoms. The van der Waals surface area contributed by atoms with Crippen LogP contribution in [0.15, 0.2) is 39.7 Å². The minimum Gasteiger partial charge on any atom is -0.459 e. The second kappa shape index (κ2) is 8.28. The molecule has 7 nitrogen and oxygen atoms in total. The normalized spacial score (nSPS) is 14.3. The van der Waals surface area contributed by atoms with E-state index in [-0.39, 0.29) is 24.0 Å². The van der Waals surface area contributed by atoms with E-state index in [9.17, 15) is 0 Å². The van der Waals surface area contributed by atoms with Crippen molar-refractivity contribution in [3.63, 3.8) is 0 Å². The molecule has 2 aromatic heterocycles. The molecule has 8 heteroatoms. The van der Waals surface area contributed by atoms with Gasteiger partial charge in [0.25, 0.3) is 0 Å². The molecule has 1 aliphatic rings. The number of halogens is 1. The van der Waals surface area contributed by atoms with Gasteiger partial charge in [-0.3, -0.25) is 0 Å². The summed E-state index contributed by atoms with van der Waals surface area (Å²) in [7, 11) is 4.00. The van der Waals surface area contributed by atoms with Crippen LogP contribution in [0, 0.1) is 6.92 Å². The van der Waals surface area contributed by atoms with Crippen LogP contribution < -0.4 is 5.32 Å². The molecule has 0 radical (unpaired) electrons. The van der Waals surface area contributed by atoms with Gasteiger partial charge in [0, 0.05) is 25.5 Å². The van der Waals surface area contributed by atoms with Crippen LogP contribution in [-0.4, -0.2) is 38.7 Å². The largest absolute Gasteiger partial charge is 0.459 e. The molecule has 0 unspecified atom stereocenters. The van der Waals surface area contributed by atoms with Crippen LogP contribution in [0.5, 0.6) is 0 Å². The van der Waals surface area contributed by atoms with Crippen LogP contribution in [0.4, 0.5) is 0 Å². The van der Waals surface area contributed by atoms with Gasteiger partial charge in [0.2, 0.25) is 0 Å². The maximum atomic E-state index is 5.94. The highest BCUT2D eigenvalue weighted by Crippen LogP contribution is 2.21. The Hall–Kier alpha value is -2.10. The van der Waals surface area contributed by atoms with Gasteiger partial charge in [-0.05, 0) is 31.9 Å². The number of hydrogen-bond acceptors (Lipinski definition) is 4. The van der Waals surface area contributed by atoms with Crippen LogP contribution in [0.2, 0.25) is 0 Å². The number of nitrogens with one attached hydrogen (secondary N) is 1. The molecule has 2 heterocycles. The summed E-state index contributed by atoms with van der Waals surface area (Å²) in [6, 6.07) is 10.7. The lowest BCUT2D eigenvalue weighted by atomic mass is 10.2. The standard InChI is InChI=1S/C19H24N6O.HI/c1-13-22-23-18(25(13)3)11-20-19(21-15-8-9-15)24(2)12-16-10-14-6-4-5-7-17(14)26-16;/h4-7,10,15H,8-9,11-12H2,1-3H3,(H,20,21);1H. The number of aliphatic imine (C=N–C) groups is 1. The first-order valence-corrected chi connectivity index (χ1v) is 8.94. The summed E-state index contributed by atoms with van der Waals surface area (Å²) in [5.74, 6) is 3.54. The van der Waals surface area contributed by atoms with Crippen molar-refractivity contribution in [1.29, 1.82) is 0 Å². The zero-order valence-corrected chi connectivity index (χ0v) is 18.2. The van der Waals surface area contributed by atoms with Gasteiger partial charge in [-0.25, -0.2) is 4.99 Å². The lowest BCUT2D eigenvalue weighted by molar-refractivity contribution is 0.411. The fraction of sp³-hybridized carbons (Fsp3) is 0.421. The smallest absolute Gasteiger partial charge is 0.194 e. The molecular formula is C19H25IN6O. The van der Waals surface area contributed by atoms with Crippen LogP contribution in [0.1, 0.15) is 30.3 Å². The minimum absolute atomic E-state index is 0. The van der Waals surface area contributed by atoms with E-state index < -0.39 is 0 Å². The molecule has 144 valence electrons. The molecule has 27 heavy (non-hydrogen) atoms. The summed E-state index contributed by atoms with van der Waals surface area (Å²) >= 11 is 0. The predicted octanol–water partition coefficient (Wildman–Crippen LogP) is 3.23. The number of hydrogen-bond donors (Lipinski definition) is 1. The van der Waals surface area contributed by atoms with Crippen LogP contribution in [0.3, 0.4) is 0 Å². The monoisotopic (exact) mass is 480 g/mol. The summed E-state index contributed by atoms with van der Waals surface area (Å²) in [6.45, 7) is 3.10. The Morgan fingerprint density at radius 3 is 2.78 bits per heavy atom. The Balaban J connectivity index is 0.00000210. The Morgan fingerprint density at radius 1 is 1.33 bits per heavy atom. The first-order valence-electron chi connectivity index (χ1n) is 8.94. The third kappa shape index (κ3) is 4.60. The highest BCUT2D eigenvalue weighted by Gasteiger charge is 2.24. The van der Waals surface area contributed by atoms with Gasteiger partial charge in [0.15, 0.2) is 11.8 Å². The average molecular weight is 480 g/mol. The van der Waals surface area contributed by atoms with Crippen LogP contribution >= 0.6 is 24.0 Å². The maximum absolute atomic E-state index is 5.94. The van der Waals surface area contributed by atoms with E-state index in [0.717, 1.165) is 34.3 Å². The highest BCUT2D eigenvalue weighted by molar-refractivity contribution is 14.0. The molecule has 0 aliphatic heterocycles. The lowest BCUT2D eigenvalue weighted by Crippen LogP contribution is -2.39. The minimum atomic E-state index is 0. The molecule has 1 aliphatic carbocycles. The summed E-state index contributed by atoms with van der Waals surface area (Å²) in [5, 5.41) is 12.9. The van der Waals surface area contributed by atoms with Crippen LogP contribution in [0.25, 0.3) is 11.0 Å². The van der Waals surface area contributed by atoms with E-state index in [1.54, 1.807) is 0 Å². The lowest BCUT2D eigenvalue weighted by Gasteiger charge is -2.21. The molecule has 1 fully saturated rings. The van der Waals surface area contributed by atoms with Crippen LogP contribution in [-0.2, 0) is 20.1 Å². The Kier molecular flexibility index (Phi) is 6.03. The number of rotatable bonds is 5. The second-order valence-electron chi connectivity index (χ2n) is 6.89. The Bertz CT molecular complexity index is 910. The molecule has 0 bridgehead atoms. The molecular weight excluding hydrogens is 455 g/mol. The van der Waals surface area contributed by atoms with Gasteiger partial charge in [-0.2, -0.15) is 0 Å². The van der Waals surface area contributed by atoms with Crippen molar-refractivity contribution < 1.29 is 4.42 Å². The zero-order valence-electron chi connectivity index (χ0n) is 15.8. The Morgan fingerprint density at radius 2 is 2.11 bits per heavy atom. The van der Waals surface area contributed by atoms with Crippen molar-refractivity contribution in [1.82, 2.24) is 25.0 Å². The van der Waals surface area contributed by atoms with Crippen molar-refractivity contribution in [3.8, 4) is 0 Å². The maximum Gasteiger partial charge on any atom is 0.194 e. The van der Waals surface area contributed by atoms with E-state index in [1.165, 1.54) is 12.8 Å². The average Bonchev–Trinajstić information content (AvgIpc) is 3.27. The quantitative estimate of drug-likeness (QED) is 0.345. The van der Waals surface area contributed by atoms with Crippen molar-refractivity contribution in [2.45, 2.75) is 38.9 Å². The van der Waals surface area contributed by atoms with E-state index in [0.29, 0.717) is 19.1 Å². The third-order valence-electron chi connectivity index (χ3n) is 4.69. The number of fused-ring (bicyclic) bond motifs is 1. The second-order valence-corrected chi connectivity index (χ2v) is 6.89. The van der Waals surface area contributed by atoms with E-state index in [2.05, 4.69) is 32.5 Å². The number of para-hydroxylation sites is 1. The number of furan rings is 1. The molecule has 1 saturated carbocycles. The molecule has 4 rings (SSSR count). The molecule has 0 atom stereocenters. The first kappa shape index (κ1) is 19.7. The highest BCUT2D eigenvalue weighted by atomic mass is 127. The SMILES string of the molecule is Cc1nnc(CN=C(NC2CC2)N(C)Cc2cc3ccccc3o2)n1C.I. The van der Waals surface area contributed by atoms with E-state index in [1.807, 2.05) is 43.8 Å². The number of aryl methyl sites for hydroxylation is 1. The fourth-order valence-corrected chi connectivity index (χ4v) is 2.84. The van der Waals surface area contributed by atoms with Gasteiger partial charge in [0.1, 0.15) is 23.7 Å². The number of benzene rings is 1. The predicted molar refractivity (Wildman–Crippen MR) is 116 cm³/mol. The van der Waals surface area contributed by atoms with Crippen molar-refractivity contribution in [3.05, 3.63) is 47.7 Å². The van der Waals surface area contributed by atoms with E-state index >= 15 is 0 Å². The van der Waals surface area contributed by atoms with Gasteiger partial charge in [0.05, 0.1) is 6.54 Å². The van der Waals surface area contributed by atoms with Gasteiger partial charge >= 0.3 is 0 Å². The van der Waals surface area contributed by atoms with Gasteiger partial charge in [-0.1, -0.05) is 18.2 Å². The number of nitrogens with zero attached hydrogens (tertiary/aromatic N) is 5. The zero-order chi connectivity index (χ0) is 18.1. The van der Waals surface area contributed by atoms with E-state index in [4.69, 9.17) is 9.41 Å². The summed E-state index contributed by atoms with van der Waals surface area (Å²) in [5.41, 5.74) is 0.916. The van der Waals surface area contributed by atoms with Gasteiger partial charge < -0.3 is 19.2 Å². The van der Waals surface area contributed by atoms with Crippen molar-refractivity contribution >= 4 is 40.9 Å².